The third-order valence-corrected chi connectivity index (χ3v) is 2.31. The van der Waals surface area contributed by atoms with E-state index in [1.165, 1.54) is 11.3 Å². The average Bonchev–Trinajstić information content (AvgIpc) is 2.62. The third-order valence-electron chi connectivity index (χ3n) is 1.51. The highest BCUT2D eigenvalue weighted by Crippen LogP contribution is 2.29. The van der Waals surface area contributed by atoms with E-state index in [0.29, 0.717) is 21.7 Å². The van der Waals surface area contributed by atoms with E-state index in [4.69, 9.17) is 22.1 Å². The van der Waals surface area contributed by atoms with Gasteiger partial charge >= 0.3 is 0 Å². The topological polar surface area (TPSA) is 61.0 Å². The molecule has 0 unspecified atom stereocenters. The van der Waals surface area contributed by atoms with Gasteiger partial charge in [-0.15, -0.1) is 5.10 Å². The monoisotopic (exact) mass is 227 g/mol. The van der Waals surface area contributed by atoms with Crippen molar-refractivity contribution in [2.75, 3.05) is 5.73 Å². The van der Waals surface area contributed by atoms with Gasteiger partial charge in [0.25, 0.3) is 5.19 Å². The molecule has 0 amide bonds. The lowest BCUT2D eigenvalue weighted by atomic mass is 10.3. The molecule has 2 N–H and O–H groups in total. The highest BCUT2D eigenvalue weighted by Gasteiger charge is 2.04. The Kier molecular flexibility index (Phi) is 2.51. The summed E-state index contributed by atoms with van der Waals surface area (Å²) in [5, 5.41) is 8.41. The van der Waals surface area contributed by atoms with E-state index in [-0.39, 0.29) is 0 Å². The number of aromatic nitrogens is 2. The zero-order valence-corrected chi connectivity index (χ0v) is 8.55. The summed E-state index contributed by atoms with van der Waals surface area (Å²) in [7, 11) is 0. The Balaban J connectivity index is 2.25. The van der Waals surface area contributed by atoms with Crippen molar-refractivity contribution in [2.45, 2.75) is 0 Å². The van der Waals surface area contributed by atoms with Crippen molar-refractivity contribution < 1.29 is 4.74 Å². The van der Waals surface area contributed by atoms with Crippen molar-refractivity contribution in [3.63, 3.8) is 0 Å². The molecule has 0 aliphatic rings. The quantitative estimate of drug-likeness (QED) is 0.801. The summed E-state index contributed by atoms with van der Waals surface area (Å²) in [4.78, 5) is 0. The first-order valence-electron chi connectivity index (χ1n) is 3.75. The number of nitrogens with two attached hydrogens (primary N) is 1. The number of hydrogen-bond acceptors (Lipinski definition) is 5. The fraction of sp³-hybridized carbons (Fsp3) is 0. The molecule has 0 aliphatic carbocycles. The van der Waals surface area contributed by atoms with Gasteiger partial charge in [-0.1, -0.05) is 28.0 Å². The summed E-state index contributed by atoms with van der Waals surface area (Å²) < 4.78 is 5.37. The first-order valence-corrected chi connectivity index (χ1v) is 5.00. The van der Waals surface area contributed by atoms with Gasteiger partial charge in [-0.05, 0) is 18.2 Å². The van der Waals surface area contributed by atoms with Gasteiger partial charge < -0.3 is 10.5 Å². The fourth-order valence-corrected chi connectivity index (χ4v) is 1.51. The fourth-order valence-electron chi connectivity index (χ4n) is 0.914. The molecule has 1 aromatic carbocycles. The zero-order valence-electron chi connectivity index (χ0n) is 6.98. The van der Waals surface area contributed by atoms with Crippen molar-refractivity contribution in [2.24, 2.45) is 0 Å². The Bertz CT molecular complexity index is 432. The van der Waals surface area contributed by atoms with Crippen LogP contribution >= 0.6 is 22.9 Å². The smallest absolute Gasteiger partial charge is 0.299 e. The standard InChI is InChI=1S/C8H6ClN3OS/c9-5-1-2-7(6(10)3-5)13-8-12-11-4-14-8/h1-4H,10H2. The third kappa shape index (κ3) is 1.94. The van der Waals surface area contributed by atoms with Gasteiger partial charge in [0.15, 0.2) is 5.75 Å². The van der Waals surface area contributed by atoms with Crippen molar-refractivity contribution >= 4 is 28.6 Å². The predicted molar refractivity (Wildman–Crippen MR) is 55.8 cm³/mol. The number of halogens is 1. The molecule has 72 valence electrons. The SMILES string of the molecule is Nc1cc(Cl)ccc1Oc1nncs1. The van der Waals surface area contributed by atoms with E-state index in [0.717, 1.165) is 0 Å². The molecular weight excluding hydrogens is 222 g/mol. The summed E-state index contributed by atoms with van der Waals surface area (Å²) in [6, 6.07) is 5.02. The highest BCUT2D eigenvalue weighted by atomic mass is 35.5. The lowest BCUT2D eigenvalue weighted by molar-refractivity contribution is 0.475. The van der Waals surface area contributed by atoms with E-state index in [9.17, 15) is 0 Å². The molecule has 0 radical (unpaired) electrons. The molecule has 0 bridgehead atoms. The van der Waals surface area contributed by atoms with Crippen LogP contribution in [0.1, 0.15) is 0 Å². The summed E-state index contributed by atoms with van der Waals surface area (Å²) in [5.41, 5.74) is 7.75. The van der Waals surface area contributed by atoms with E-state index in [1.807, 2.05) is 0 Å². The molecular formula is C8H6ClN3OS. The average molecular weight is 228 g/mol. The van der Waals surface area contributed by atoms with Crippen LogP contribution in [0.2, 0.25) is 5.02 Å². The number of benzene rings is 1. The Hall–Kier alpha value is -1.33. The molecule has 0 aliphatic heterocycles. The van der Waals surface area contributed by atoms with Gasteiger partial charge in [-0.2, -0.15) is 0 Å². The van der Waals surface area contributed by atoms with Crippen molar-refractivity contribution in [1.29, 1.82) is 0 Å². The molecule has 0 atom stereocenters. The van der Waals surface area contributed by atoms with Crippen LogP contribution in [0.4, 0.5) is 5.69 Å². The maximum Gasteiger partial charge on any atom is 0.299 e. The van der Waals surface area contributed by atoms with Gasteiger partial charge in [0, 0.05) is 5.02 Å². The number of nitrogen functional groups attached to an aromatic ring is 1. The molecule has 0 saturated carbocycles. The maximum absolute atomic E-state index is 5.74. The van der Waals surface area contributed by atoms with Crippen LogP contribution < -0.4 is 10.5 Å². The van der Waals surface area contributed by atoms with Crippen molar-refractivity contribution in [3.05, 3.63) is 28.7 Å². The Morgan fingerprint density at radius 1 is 1.43 bits per heavy atom. The number of hydrogen-bond donors (Lipinski definition) is 1. The molecule has 0 saturated heterocycles. The molecule has 0 fully saturated rings. The van der Waals surface area contributed by atoms with E-state index >= 15 is 0 Å². The van der Waals surface area contributed by atoms with Crippen LogP contribution in [0.5, 0.6) is 10.9 Å². The minimum atomic E-state index is 0.457. The second-order valence-electron chi connectivity index (χ2n) is 2.49. The number of nitrogens with zero attached hydrogens (tertiary/aromatic N) is 2. The molecule has 2 aromatic rings. The highest BCUT2D eigenvalue weighted by molar-refractivity contribution is 7.11. The number of rotatable bonds is 2. The molecule has 2 rings (SSSR count). The normalized spacial score (nSPS) is 10.1. The van der Waals surface area contributed by atoms with E-state index in [2.05, 4.69) is 10.2 Å². The first kappa shape index (κ1) is 9.23. The minimum Gasteiger partial charge on any atom is -0.428 e. The Morgan fingerprint density at radius 2 is 2.29 bits per heavy atom. The zero-order chi connectivity index (χ0) is 9.97. The lowest BCUT2D eigenvalue weighted by Gasteiger charge is -2.04. The van der Waals surface area contributed by atoms with Crippen LogP contribution in [0.3, 0.4) is 0 Å². The summed E-state index contributed by atoms with van der Waals surface area (Å²) in [5.74, 6) is 0.533. The van der Waals surface area contributed by atoms with E-state index in [1.54, 1.807) is 23.7 Å². The first-order chi connectivity index (χ1) is 6.75. The Labute approximate surface area is 89.3 Å². The summed E-state index contributed by atoms with van der Waals surface area (Å²) >= 11 is 7.04. The van der Waals surface area contributed by atoms with Crippen molar-refractivity contribution in [3.8, 4) is 10.9 Å². The second-order valence-corrected chi connectivity index (χ2v) is 3.72. The van der Waals surface area contributed by atoms with Gasteiger partial charge in [0.2, 0.25) is 0 Å². The van der Waals surface area contributed by atoms with Crippen LogP contribution in [0.25, 0.3) is 0 Å². The number of anilines is 1. The molecule has 1 aromatic heterocycles. The van der Waals surface area contributed by atoms with Gasteiger partial charge in [0.05, 0.1) is 5.69 Å². The summed E-state index contributed by atoms with van der Waals surface area (Å²) in [6.07, 6.45) is 0. The number of ether oxygens (including phenoxy) is 1. The van der Waals surface area contributed by atoms with Gasteiger partial charge in [0.1, 0.15) is 5.51 Å². The van der Waals surface area contributed by atoms with Gasteiger partial charge in [-0.25, -0.2) is 0 Å². The molecule has 0 spiro atoms. The summed E-state index contributed by atoms with van der Waals surface area (Å²) in [6.45, 7) is 0. The van der Waals surface area contributed by atoms with Crippen LogP contribution in [0, 0.1) is 0 Å². The minimum absolute atomic E-state index is 0.457. The molecule has 1 heterocycles. The largest absolute Gasteiger partial charge is 0.428 e. The Morgan fingerprint density at radius 3 is 2.93 bits per heavy atom. The van der Waals surface area contributed by atoms with Crippen LogP contribution in [-0.4, -0.2) is 10.2 Å². The lowest BCUT2D eigenvalue weighted by Crippen LogP contribution is -1.91. The van der Waals surface area contributed by atoms with Crippen molar-refractivity contribution in [1.82, 2.24) is 10.2 Å². The second kappa shape index (κ2) is 3.81. The predicted octanol–water partition coefficient (Wildman–Crippen LogP) is 2.57. The molecule has 4 nitrogen and oxygen atoms in total. The maximum atomic E-state index is 5.74. The van der Waals surface area contributed by atoms with E-state index < -0.39 is 0 Å². The van der Waals surface area contributed by atoms with Gasteiger partial charge in [-0.3, -0.25) is 0 Å². The molecule has 14 heavy (non-hydrogen) atoms. The molecule has 6 heteroatoms. The van der Waals surface area contributed by atoms with Crippen LogP contribution in [-0.2, 0) is 0 Å². The van der Waals surface area contributed by atoms with Crippen LogP contribution in [0.15, 0.2) is 23.7 Å².